The van der Waals surface area contributed by atoms with Crippen molar-refractivity contribution in [1.82, 2.24) is 9.55 Å². The molecule has 1 heterocycles. The van der Waals surface area contributed by atoms with Gasteiger partial charge in [0.15, 0.2) is 5.15 Å². The van der Waals surface area contributed by atoms with Crippen LogP contribution in [0.15, 0.2) is 33.8 Å². The quantitative estimate of drug-likeness (QED) is 0.778. The van der Waals surface area contributed by atoms with E-state index < -0.39 is 0 Å². The number of benzene rings is 1. The van der Waals surface area contributed by atoms with E-state index in [2.05, 4.69) is 20.9 Å². The zero-order valence-corrected chi connectivity index (χ0v) is 13.1. The Morgan fingerprint density at radius 3 is 2.56 bits per heavy atom. The van der Waals surface area contributed by atoms with Crippen molar-refractivity contribution in [3.63, 3.8) is 0 Å². The Morgan fingerprint density at radius 1 is 1.39 bits per heavy atom. The molecule has 0 amide bonds. The van der Waals surface area contributed by atoms with E-state index in [4.69, 9.17) is 16.3 Å². The first kappa shape index (κ1) is 13.8. The molecule has 6 heteroatoms. The number of rotatable bonds is 4. The van der Waals surface area contributed by atoms with Crippen molar-refractivity contribution in [1.29, 1.82) is 0 Å². The first-order valence-corrected chi connectivity index (χ1v) is 7.65. The molecule has 0 saturated carbocycles. The van der Waals surface area contributed by atoms with Crippen LogP contribution in [0.3, 0.4) is 0 Å². The molecular formula is C12H12BrClN2OS. The van der Waals surface area contributed by atoms with Crippen LogP contribution in [-0.4, -0.2) is 15.8 Å². The van der Waals surface area contributed by atoms with Gasteiger partial charge in [0, 0.05) is 11.9 Å². The summed E-state index contributed by atoms with van der Waals surface area (Å²) in [6.07, 6.45) is 2.04. The van der Waals surface area contributed by atoms with E-state index in [1.165, 1.54) is 4.90 Å². The summed E-state index contributed by atoms with van der Waals surface area (Å²) in [5.41, 5.74) is 0. The minimum Gasteiger partial charge on any atom is -0.486 e. The van der Waals surface area contributed by atoms with Crippen LogP contribution in [-0.2, 0) is 13.7 Å². The maximum Gasteiger partial charge on any atom is 0.162 e. The van der Waals surface area contributed by atoms with E-state index >= 15 is 0 Å². The van der Waals surface area contributed by atoms with Gasteiger partial charge in [0.1, 0.15) is 22.8 Å². The summed E-state index contributed by atoms with van der Waals surface area (Å²) in [5.74, 6) is 1.60. The lowest BCUT2D eigenvalue weighted by atomic mass is 10.3. The van der Waals surface area contributed by atoms with Crippen LogP contribution in [0, 0.1) is 0 Å². The number of thioether (sulfide) groups is 1. The summed E-state index contributed by atoms with van der Waals surface area (Å²) in [6, 6.07) is 7.96. The maximum atomic E-state index is 5.92. The second-order valence-corrected chi connectivity index (χ2v) is 5.62. The molecule has 0 aliphatic rings. The predicted octanol–water partition coefficient (Wildman–Crippen LogP) is 4.14. The van der Waals surface area contributed by atoms with Crippen molar-refractivity contribution in [3.8, 4) is 5.75 Å². The molecule has 2 aromatic rings. The third-order valence-electron chi connectivity index (χ3n) is 2.51. The molecule has 0 bridgehead atoms. The number of aromatic nitrogens is 2. The zero-order valence-electron chi connectivity index (χ0n) is 9.98. The maximum absolute atomic E-state index is 5.92. The number of imidazole rings is 1. The lowest BCUT2D eigenvalue weighted by Gasteiger charge is -2.06. The first-order valence-electron chi connectivity index (χ1n) is 5.25. The van der Waals surface area contributed by atoms with Crippen molar-refractivity contribution in [3.05, 3.63) is 39.8 Å². The molecule has 0 atom stereocenters. The molecular weight excluding hydrogens is 336 g/mol. The first-order chi connectivity index (χ1) is 8.61. The molecule has 0 fully saturated rings. The van der Waals surface area contributed by atoms with E-state index in [1.807, 2.05) is 42.1 Å². The molecule has 3 nitrogen and oxygen atoms in total. The van der Waals surface area contributed by atoms with Gasteiger partial charge in [-0.1, -0.05) is 11.6 Å². The van der Waals surface area contributed by atoms with Crippen LogP contribution in [0.2, 0.25) is 5.15 Å². The monoisotopic (exact) mass is 346 g/mol. The molecule has 0 spiro atoms. The van der Waals surface area contributed by atoms with Crippen LogP contribution in [0.1, 0.15) is 5.82 Å². The lowest BCUT2D eigenvalue weighted by molar-refractivity contribution is 0.291. The van der Waals surface area contributed by atoms with Gasteiger partial charge in [0.2, 0.25) is 0 Å². The Kier molecular flexibility index (Phi) is 4.59. The lowest BCUT2D eigenvalue weighted by Crippen LogP contribution is -2.03. The summed E-state index contributed by atoms with van der Waals surface area (Å²) >= 11 is 11.0. The summed E-state index contributed by atoms with van der Waals surface area (Å²) in [6.45, 7) is 0.389. The number of ether oxygens (including phenoxy) is 1. The largest absolute Gasteiger partial charge is 0.486 e. The van der Waals surface area contributed by atoms with Crippen molar-refractivity contribution in [2.75, 3.05) is 6.26 Å². The molecule has 96 valence electrons. The van der Waals surface area contributed by atoms with Crippen LogP contribution in [0.5, 0.6) is 5.75 Å². The molecule has 0 N–H and O–H groups in total. The average molecular weight is 348 g/mol. The molecule has 0 aliphatic carbocycles. The number of hydrogen-bond acceptors (Lipinski definition) is 3. The second kappa shape index (κ2) is 5.99. The SMILES string of the molecule is CSc1ccc(OCc2nc(Cl)c(Br)n2C)cc1. The minimum atomic E-state index is 0.389. The fourth-order valence-corrected chi connectivity index (χ4v) is 2.36. The molecule has 1 aromatic heterocycles. The number of halogens is 2. The average Bonchev–Trinajstić information content (AvgIpc) is 2.64. The van der Waals surface area contributed by atoms with Gasteiger partial charge in [-0.3, -0.25) is 0 Å². The van der Waals surface area contributed by atoms with Gasteiger partial charge in [-0.05, 0) is 46.5 Å². The summed E-state index contributed by atoms with van der Waals surface area (Å²) in [7, 11) is 1.89. The summed E-state index contributed by atoms with van der Waals surface area (Å²) in [5, 5.41) is 0.453. The van der Waals surface area contributed by atoms with Crippen molar-refractivity contribution in [2.45, 2.75) is 11.5 Å². The number of nitrogens with zero attached hydrogens (tertiary/aromatic N) is 2. The molecule has 2 rings (SSSR count). The van der Waals surface area contributed by atoms with Gasteiger partial charge in [0.05, 0.1) is 0 Å². The van der Waals surface area contributed by atoms with Crippen molar-refractivity contribution < 1.29 is 4.74 Å². The highest BCUT2D eigenvalue weighted by Gasteiger charge is 2.10. The standard InChI is InChI=1S/C12H12BrClN2OS/c1-16-10(15-12(14)11(16)13)7-17-8-3-5-9(18-2)6-4-8/h3-6H,7H2,1-2H3. The minimum absolute atomic E-state index is 0.389. The fraction of sp³-hybridized carbons (Fsp3) is 0.250. The smallest absolute Gasteiger partial charge is 0.162 e. The van der Waals surface area contributed by atoms with Gasteiger partial charge in [-0.15, -0.1) is 11.8 Å². The Balaban J connectivity index is 2.04. The summed E-state index contributed by atoms with van der Waals surface area (Å²) < 4.78 is 8.29. The van der Waals surface area contributed by atoms with E-state index in [1.54, 1.807) is 11.8 Å². The molecule has 18 heavy (non-hydrogen) atoms. The fourth-order valence-electron chi connectivity index (χ4n) is 1.44. The van der Waals surface area contributed by atoms with Gasteiger partial charge < -0.3 is 9.30 Å². The number of hydrogen-bond donors (Lipinski definition) is 0. The Morgan fingerprint density at radius 2 is 2.06 bits per heavy atom. The molecule has 0 aliphatic heterocycles. The highest BCUT2D eigenvalue weighted by Crippen LogP contribution is 2.23. The highest BCUT2D eigenvalue weighted by molar-refractivity contribution is 9.10. The summed E-state index contributed by atoms with van der Waals surface area (Å²) in [4.78, 5) is 5.42. The van der Waals surface area contributed by atoms with E-state index in [0.717, 1.165) is 16.2 Å². The van der Waals surface area contributed by atoms with Crippen molar-refractivity contribution >= 4 is 39.3 Å². The van der Waals surface area contributed by atoms with Gasteiger partial charge in [-0.2, -0.15) is 0 Å². The van der Waals surface area contributed by atoms with Crippen LogP contribution in [0.25, 0.3) is 0 Å². The Hall–Kier alpha value is -0.650. The van der Waals surface area contributed by atoms with Crippen LogP contribution in [0.4, 0.5) is 0 Å². The zero-order chi connectivity index (χ0) is 13.1. The van der Waals surface area contributed by atoms with Crippen LogP contribution < -0.4 is 4.74 Å². The van der Waals surface area contributed by atoms with Gasteiger partial charge in [0.25, 0.3) is 0 Å². The normalized spacial score (nSPS) is 10.7. The third-order valence-corrected chi connectivity index (χ3v) is 4.65. The molecule has 1 aromatic carbocycles. The molecule has 0 saturated heterocycles. The molecule has 0 unspecified atom stereocenters. The Labute approximate surface area is 124 Å². The van der Waals surface area contributed by atoms with E-state index in [-0.39, 0.29) is 0 Å². The highest BCUT2D eigenvalue weighted by atomic mass is 79.9. The van der Waals surface area contributed by atoms with Crippen LogP contribution >= 0.6 is 39.3 Å². The van der Waals surface area contributed by atoms with E-state index in [0.29, 0.717) is 11.8 Å². The second-order valence-electron chi connectivity index (χ2n) is 3.63. The predicted molar refractivity (Wildman–Crippen MR) is 78.5 cm³/mol. The third kappa shape index (κ3) is 3.02. The van der Waals surface area contributed by atoms with Gasteiger partial charge in [-0.25, -0.2) is 4.98 Å². The van der Waals surface area contributed by atoms with Crippen molar-refractivity contribution in [2.24, 2.45) is 7.05 Å². The van der Waals surface area contributed by atoms with E-state index in [9.17, 15) is 0 Å². The van der Waals surface area contributed by atoms with Gasteiger partial charge >= 0.3 is 0 Å². The Bertz CT molecular complexity index is 542. The topological polar surface area (TPSA) is 27.1 Å². The molecule has 0 radical (unpaired) electrons.